The van der Waals surface area contributed by atoms with Gasteiger partial charge in [0, 0.05) is 30.1 Å². The number of para-hydroxylation sites is 1. The maximum atomic E-state index is 14.1. The first-order chi connectivity index (χ1) is 39.9. The molecule has 18 N–H and O–H groups in total. The molecule has 0 unspecified atom stereocenters. The van der Waals surface area contributed by atoms with Crippen LogP contribution in [0.5, 0.6) is 0 Å². The van der Waals surface area contributed by atoms with Crippen LogP contribution in [0.1, 0.15) is 105 Å². The molecule has 0 saturated carbocycles. The summed E-state index contributed by atoms with van der Waals surface area (Å²) in [7, 11) is 0. The summed E-state index contributed by atoms with van der Waals surface area (Å²) in [6.45, 7) is 9.01. The summed E-state index contributed by atoms with van der Waals surface area (Å²) in [5, 5.41) is 61.0. The minimum Gasteiger partial charge on any atom is -0.481 e. The molecule has 1 fully saturated rings. The van der Waals surface area contributed by atoms with E-state index in [-0.39, 0.29) is 44.6 Å². The van der Waals surface area contributed by atoms with Crippen LogP contribution in [0.2, 0.25) is 0 Å². The Balaban J connectivity index is 1.68. The van der Waals surface area contributed by atoms with E-state index in [0.717, 1.165) is 21.4 Å². The van der Waals surface area contributed by atoms with Crippen molar-refractivity contribution in [1.29, 1.82) is 0 Å². The highest BCUT2D eigenvalue weighted by Crippen LogP contribution is 2.22. The monoisotopic (exact) mass is 1200 g/mol. The van der Waals surface area contributed by atoms with Gasteiger partial charge in [-0.15, -0.1) is 0 Å². The number of rotatable bonds is 35. The van der Waals surface area contributed by atoms with Crippen LogP contribution in [0.25, 0.3) is 10.9 Å². The number of nitrogens with one attached hydrogen (secondary N) is 10. The van der Waals surface area contributed by atoms with E-state index >= 15 is 0 Å². The van der Waals surface area contributed by atoms with E-state index < -0.39 is 188 Å². The summed E-state index contributed by atoms with van der Waals surface area (Å²) in [6.07, 6.45) is -0.501. The molecule has 1 saturated heterocycles. The van der Waals surface area contributed by atoms with Gasteiger partial charge in [0.1, 0.15) is 54.4 Å². The van der Waals surface area contributed by atoms with Crippen LogP contribution in [0.3, 0.4) is 0 Å². The second-order valence-electron chi connectivity index (χ2n) is 21.6. The number of aromatic amines is 1. The molecule has 11 amide bonds. The molecule has 0 bridgehead atoms. The maximum absolute atomic E-state index is 14.1. The van der Waals surface area contributed by atoms with Crippen molar-refractivity contribution in [3.8, 4) is 0 Å². The summed E-state index contributed by atoms with van der Waals surface area (Å²) >= 11 is 0. The Morgan fingerprint density at radius 1 is 0.671 bits per heavy atom. The highest BCUT2D eigenvalue weighted by molar-refractivity contribution is 6.00. The fraction of sp³-hybridized carbons (Fsp3) is 0.593. The van der Waals surface area contributed by atoms with Crippen LogP contribution in [-0.2, 0) is 73.5 Å². The first kappa shape index (κ1) is 70.5. The van der Waals surface area contributed by atoms with E-state index in [4.69, 9.17) is 11.5 Å². The number of aliphatic hydroxyl groups excluding tert-OH is 1. The lowest BCUT2D eigenvalue weighted by Crippen LogP contribution is -2.61. The topological polar surface area (TPSA) is 499 Å². The number of aliphatic hydroxyl groups is 1. The zero-order valence-electron chi connectivity index (χ0n) is 48.5. The predicted octanol–water partition coefficient (Wildman–Crippen LogP) is -3.92. The Labute approximate surface area is 489 Å². The van der Waals surface area contributed by atoms with Crippen molar-refractivity contribution in [1.82, 2.24) is 57.7 Å². The molecule has 85 heavy (non-hydrogen) atoms. The summed E-state index contributed by atoms with van der Waals surface area (Å²) < 4.78 is 0. The molecule has 3 rings (SSSR count). The molecule has 1 aliphatic rings. The van der Waals surface area contributed by atoms with Gasteiger partial charge in [-0.05, 0) is 68.4 Å². The molecule has 0 radical (unpaired) electrons. The molecule has 2 aromatic rings. The minimum absolute atomic E-state index is 0.104. The molecule has 31 nitrogen and oxygen atoms in total. The largest absolute Gasteiger partial charge is 0.481 e. The van der Waals surface area contributed by atoms with Gasteiger partial charge in [-0.2, -0.15) is 0 Å². The zero-order valence-corrected chi connectivity index (χ0v) is 48.5. The van der Waals surface area contributed by atoms with Crippen molar-refractivity contribution in [3.63, 3.8) is 0 Å². The van der Waals surface area contributed by atoms with Gasteiger partial charge in [0.15, 0.2) is 0 Å². The molecular weight excluding hydrogens is 1120 g/mol. The fourth-order valence-electron chi connectivity index (χ4n) is 9.09. The molecule has 31 heteroatoms. The number of primary amides is 1. The van der Waals surface area contributed by atoms with Crippen molar-refractivity contribution >= 4 is 93.8 Å². The summed E-state index contributed by atoms with van der Waals surface area (Å²) in [5.74, 6) is -16.8. The van der Waals surface area contributed by atoms with Crippen molar-refractivity contribution in [2.24, 2.45) is 29.2 Å². The van der Waals surface area contributed by atoms with Crippen LogP contribution in [-0.4, -0.2) is 193 Å². The number of hydrogen-bond acceptors (Lipinski definition) is 16. The first-order valence-electron chi connectivity index (χ1n) is 27.7. The van der Waals surface area contributed by atoms with Crippen molar-refractivity contribution < 1.29 is 87.5 Å². The lowest BCUT2D eigenvalue weighted by atomic mass is 9.98. The van der Waals surface area contributed by atoms with E-state index in [1.165, 1.54) is 20.8 Å². The van der Waals surface area contributed by atoms with Crippen molar-refractivity contribution in [2.75, 3.05) is 19.7 Å². The smallest absolute Gasteiger partial charge is 0.326 e. The molecule has 2 heterocycles. The quantitative estimate of drug-likeness (QED) is 0.0313. The Hall–Kier alpha value is -8.74. The van der Waals surface area contributed by atoms with E-state index in [2.05, 4.69) is 52.8 Å². The van der Waals surface area contributed by atoms with Gasteiger partial charge in [-0.25, -0.2) is 4.79 Å². The third-order valence-corrected chi connectivity index (χ3v) is 14.0. The second-order valence-corrected chi connectivity index (χ2v) is 21.6. The Kier molecular flexibility index (Phi) is 27.8. The van der Waals surface area contributed by atoms with Crippen molar-refractivity contribution in [3.05, 3.63) is 36.0 Å². The first-order valence-corrected chi connectivity index (χ1v) is 27.7. The van der Waals surface area contributed by atoms with Gasteiger partial charge in [-0.1, -0.05) is 66.2 Å². The number of carbonyl (C=O) groups excluding carboxylic acids is 11. The Bertz CT molecular complexity index is 2770. The van der Waals surface area contributed by atoms with Crippen LogP contribution in [0, 0.1) is 17.8 Å². The van der Waals surface area contributed by atoms with Gasteiger partial charge in [0.05, 0.1) is 32.0 Å². The predicted molar refractivity (Wildman–Crippen MR) is 300 cm³/mol. The molecule has 470 valence electrons. The number of aromatic nitrogens is 1. The number of amides is 11. The molecule has 1 aromatic heterocycles. The number of carboxylic acid groups (broad SMARTS) is 3. The fourth-order valence-corrected chi connectivity index (χ4v) is 9.09. The van der Waals surface area contributed by atoms with Crippen molar-refractivity contribution in [2.45, 2.75) is 167 Å². The van der Waals surface area contributed by atoms with E-state index in [9.17, 15) is 87.5 Å². The number of fused-ring (bicyclic) bond motifs is 1. The minimum atomic E-state index is -1.99. The van der Waals surface area contributed by atoms with Gasteiger partial charge in [0.2, 0.25) is 65.0 Å². The Morgan fingerprint density at radius 3 is 1.85 bits per heavy atom. The maximum Gasteiger partial charge on any atom is 0.326 e. The standard InChI is InChI=1S/C54H81N13O18/c1-8-27(6)44(54(84)85)66-48(78)33(15-16-39(56)69)60-40(70)23-58-47(77)37(24-68)64-50(80)35(20-41(71)72)62-51(81)38-14-11-17-67(38)53(83)36(21-42(73)74)63-52(82)43(26(4)5)65-45(75)28(7)59-49(79)34(18-25(2)3)61-46(76)31(55)19-29-22-57-32-13-10-9-12-30(29)32/h9-10,12-13,22,25-28,31,33-38,43-44,57,68H,8,11,14-21,23-24,55H2,1-7H3,(H2,56,69)(H,58,77)(H,59,79)(H,60,70)(H,61,76)(H,62,81)(H,63,82)(H,64,80)(H,65,75)(H,66,78)(H,71,72)(H,73,74)(H,84,85)/t27-,28-,31-,33-,34-,35-,36-,37-,38-,43-,44-/m0/s1. The van der Waals surface area contributed by atoms with E-state index in [0.29, 0.717) is 6.42 Å². The van der Waals surface area contributed by atoms with E-state index in [1.807, 2.05) is 38.1 Å². The lowest BCUT2D eigenvalue weighted by Gasteiger charge is -2.31. The van der Waals surface area contributed by atoms with Gasteiger partial charge >= 0.3 is 17.9 Å². The summed E-state index contributed by atoms with van der Waals surface area (Å²) in [4.78, 5) is 186. The number of nitrogens with zero attached hydrogens (tertiary/aromatic N) is 1. The SMILES string of the molecule is CC[C@H](C)[C@H](NC(=O)[C@H](CCC(N)=O)NC(=O)CNC(=O)[C@H](CO)NC(=O)[C@H](CC(=O)O)NC(=O)[C@@H]1CCCN1C(=O)[C@H](CC(=O)O)NC(=O)[C@@H](NC(=O)[C@H](C)NC(=O)[C@H](CC(C)C)NC(=O)[C@@H](N)Cc1c[nH]c2ccccc12)C(C)C)C(=O)O. The number of carboxylic acids is 3. The van der Waals surface area contributed by atoms with Gasteiger partial charge in [-0.3, -0.25) is 62.3 Å². The van der Waals surface area contributed by atoms with Gasteiger partial charge < -0.3 is 89.6 Å². The average Bonchev–Trinajstić information content (AvgIpc) is 3.12. The third-order valence-electron chi connectivity index (χ3n) is 14.0. The molecule has 1 aromatic carbocycles. The highest BCUT2D eigenvalue weighted by Gasteiger charge is 2.42. The number of H-pyrrole nitrogens is 1. The zero-order chi connectivity index (χ0) is 64.0. The number of hydrogen-bond donors (Lipinski definition) is 16. The molecular formula is C54H81N13O18. The molecule has 0 aliphatic carbocycles. The molecule has 11 atom stereocenters. The molecule has 0 spiro atoms. The average molecular weight is 1200 g/mol. The highest BCUT2D eigenvalue weighted by atomic mass is 16.4. The van der Waals surface area contributed by atoms with Crippen LogP contribution in [0.15, 0.2) is 30.5 Å². The Morgan fingerprint density at radius 2 is 1.26 bits per heavy atom. The van der Waals surface area contributed by atoms with E-state index in [1.54, 1.807) is 20.0 Å². The van der Waals surface area contributed by atoms with Gasteiger partial charge in [0.25, 0.3) is 0 Å². The number of carbonyl (C=O) groups is 14. The van der Waals surface area contributed by atoms with Crippen LogP contribution < -0.4 is 59.3 Å². The molecule has 1 aliphatic heterocycles. The second kappa shape index (κ2) is 33.5. The summed E-state index contributed by atoms with van der Waals surface area (Å²) in [6, 6.07) is -7.59. The lowest BCUT2D eigenvalue weighted by molar-refractivity contribution is -0.147. The third kappa shape index (κ3) is 22.1. The van der Waals surface area contributed by atoms with Crippen LogP contribution >= 0.6 is 0 Å². The normalized spacial score (nSPS) is 16.6. The summed E-state index contributed by atoms with van der Waals surface area (Å²) in [5.41, 5.74) is 13.1. The number of likely N-dealkylation sites (tertiary alicyclic amines) is 1. The van der Waals surface area contributed by atoms with Crippen LogP contribution in [0.4, 0.5) is 0 Å². The number of benzene rings is 1. The number of nitrogens with two attached hydrogens (primary N) is 2. The number of aliphatic carboxylic acids is 3.